The molecule has 1 aromatic rings. The number of carboxylic acids is 1. The van der Waals surface area contributed by atoms with Crippen LogP contribution in [0.5, 0.6) is 5.75 Å². The maximum Gasteiger partial charge on any atom is 0.490 e. The first kappa shape index (κ1) is 25.4. The van der Waals surface area contributed by atoms with Gasteiger partial charge in [-0.05, 0) is 25.6 Å². The SMILES string of the molecule is COC[C@H]1CN(C)C[C@@]12CCN(S(=O)(=O)c1cccc(OC)c1)C2.O=C(O)C(F)(F)F. The molecule has 0 aromatic heterocycles. The molecule has 31 heavy (non-hydrogen) atoms. The Bertz CT molecular complexity index is 880. The Morgan fingerprint density at radius 1 is 1.29 bits per heavy atom. The molecule has 3 rings (SSSR count). The van der Waals surface area contributed by atoms with Crippen molar-refractivity contribution in [3.8, 4) is 5.75 Å². The molecule has 8 nitrogen and oxygen atoms in total. The molecular weight excluding hydrogens is 441 g/mol. The highest BCUT2D eigenvalue weighted by molar-refractivity contribution is 7.89. The third-order valence-electron chi connectivity index (χ3n) is 5.62. The Balaban J connectivity index is 0.000000423. The first-order valence-corrected chi connectivity index (χ1v) is 10.9. The van der Waals surface area contributed by atoms with E-state index in [-0.39, 0.29) is 5.41 Å². The lowest BCUT2D eigenvalue weighted by Gasteiger charge is -2.30. The number of methoxy groups -OCH3 is 2. The van der Waals surface area contributed by atoms with Gasteiger partial charge in [-0.2, -0.15) is 17.5 Å². The van der Waals surface area contributed by atoms with Crippen LogP contribution in [0.25, 0.3) is 0 Å². The van der Waals surface area contributed by atoms with E-state index in [9.17, 15) is 21.6 Å². The van der Waals surface area contributed by atoms with Gasteiger partial charge in [0.1, 0.15) is 5.75 Å². The molecule has 2 fully saturated rings. The molecule has 2 saturated heterocycles. The molecule has 0 unspecified atom stereocenters. The fourth-order valence-electron chi connectivity index (χ4n) is 4.17. The van der Waals surface area contributed by atoms with E-state index in [0.29, 0.717) is 36.3 Å². The predicted molar refractivity (Wildman–Crippen MR) is 105 cm³/mol. The number of alkyl halides is 3. The highest BCUT2D eigenvalue weighted by atomic mass is 32.2. The predicted octanol–water partition coefficient (Wildman–Crippen LogP) is 1.92. The zero-order valence-corrected chi connectivity index (χ0v) is 18.4. The lowest BCUT2D eigenvalue weighted by molar-refractivity contribution is -0.192. The quantitative estimate of drug-likeness (QED) is 0.705. The second-order valence-corrected chi connectivity index (χ2v) is 9.72. The van der Waals surface area contributed by atoms with E-state index in [2.05, 4.69) is 11.9 Å². The standard InChI is InChI=1S/C17H26N2O4S.C2HF3O2/c1-18-10-14(11-22-2)17(12-18)7-8-19(13-17)24(20,21)16-6-4-5-15(9-16)23-3;3-2(4,5)1(6)7/h4-6,9,14H,7-8,10-13H2,1-3H3;(H,6,7)/t14-,17-;/m1./s1. The van der Waals surface area contributed by atoms with E-state index in [0.717, 1.165) is 19.5 Å². The van der Waals surface area contributed by atoms with Crippen LogP contribution in [-0.2, 0) is 19.6 Å². The van der Waals surface area contributed by atoms with Crippen molar-refractivity contribution >= 4 is 16.0 Å². The monoisotopic (exact) mass is 468 g/mol. The number of nitrogens with zero attached hydrogens (tertiary/aromatic N) is 2. The topological polar surface area (TPSA) is 96.4 Å². The first-order chi connectivity index (χ1) is 14.4. The van der Waals surface area contributed by atoms with Gasteiger partial charge in [0.25, 0.3) is 0 Å². The average Bonchev–Trinajstić information content (AvgIpc) is 3.26. The number of rotatable bonds is 5. The Labute approximate surface area is 179 Å². The van der Waals surface area contributed by atoms with E-state index in [1.54, 1.807) is 42.8 Å². The number of aliphatic carboxylic acids is 1. The number of ether oxygens (including phenoxy) is 2. The summed E-state index contributed by atoms with van der Waals surface area (Å²) in [5.74, 6) is -1.83. The second kappa shape index (κ2) is 9.72. The summed E-state index contributed by atoms with van der Waals surface area (Å²) in [6.07, 6.45) is -4.20. The molecule has 12 heteroatoms. The molecule has 2 aliphatic rings. The van der Waals surface area contributed by atoms with Crippen LogP contribution in [0, 0.1) is 11.3 Å². The average molecular weight is 468 g/mol. The van der Waals surface area contributed by atoms with Crippen LogP contribution in [0.15, 0.2) is 29.2 Å². The summed E-state index contributed by atoms with van der Waals surface area (Å²) in [7, 11) is 1.85. The van der Waals surface area contributed by atoms with E-state index >= 15 is 0 Å². The lowest BCUT2D eigenvalue weighted by atomic mass is 9.78. The molecular formula is C19H27F3N2O6S. The van der Waals surface area contributed by atoms with E-state index < -0.39 is 22.2 Å². The maximum absolute atomic E-state index is 13.0. The molecule has 0 radical (unpaired) electrons. The van der Waals surface area contributed by atoms with Gasteiger partial charge in [0.15, 0.2) is 0 Å². The number of sulfonamides is 1. The van der Waals surface area contributed by atoms with Crippen molar-refractivity contribution in [2.45, 2.75) is 17.5 Å². The van der Waals surface area contributed by atoms with Gasteiger partial charge in [-0.1, -0.05) is 6.07 Å². The van der Waals surface area contributed by atoms with Gasteiger partial charge in [-0.3, -0.25) is 0 Å². The van der Waals surface area contributed by atoms with Crippen molar-refractivity contribution in [1.29, 1.82) is 0 Å². The van der Waals surface area contributed by atoms with Crippen molar-refractivity contribution in [3.05, 3.63) is 24.3 Å². The van der Waals surface area contributed by atoms with Crippen molar-refractivity contribution in [2.75, 3.05) is 54.1 Å². The Kier molecular flexibility index (Phi) is 7.95. The molecule has 0 saturated carbocycles. The van der Waals surface area contributed by atoms with Crippen molar-refractivity contribution < 1.29 is 41.0 Å². The van der Waals surface area contributed by atoms with Crippen LogP contribution >= 0.6 is 0 Å². The Hall–Kier alpha value is -1.89. The number of likely N-dealkylation sites (tertiary alicyclic amines) is 1. The molecule has 2 heterocycles. The van der Waals surface area contributed by atoms with Crippen LogP contribution < -0.4 is 4.74 Å². The summed E-state index contributed by atoms with van der Waals surface area (Å²) in [5, 5.41) is 7.12. The summed E-state index contributed by atoms with van der Waals surface area (Å²) < 4.78 is 69.9. The summed E-state index contributed by atoms with van der Waals surface area (Å²) in [6.45, 7) is 3.68. The van der Waals surface area contributed by atoms with Crippen LogP contribution in [0.2, 0.25) is 0 Å². The lowest BCUT2D eigenvalue weighted by Crippen LogP contribution is -2.38. The van der Waals surface area contributed by atoms with Crippen molar-refractivity contribution in [1.82, 2.24) is 9.21 Å². The zero-order chi connectivity index (χ0) is 23.4. The number of hydrogen-bond donors (Lipinski definition) is 1. The summed E-state index contributed by atoms with van der Waals surface area (Å²) in [5.41, 5.74) is -0.00328. The van der Waals surface area contributed by atoms with Gasteiger partial charge in [-0.25, -0.2) is 13.2 Å². The third kappa shape index (κ3) is 5.88. The van der Waals surface area contributed by atoms with Crippen molar-refractivity contribution in [2.24, 2.45) is 11.3 Å². The smallest absolute Gasteiger partial charge is 0.490 e. The minimum Gasteiger partial charge on any atom is -0.497 e. The van der Waals surface area contributed by atoms with Crippen LogP contribution in [0.3, 0.4) is 0 Å². The minimum absolute atomic E-state index is 0.00328. The summed E-state index contributed by atoms with van der Waals surface area (Å²) in [6, 6.07) is 6.70. The van der Waals surface area contributed by atoms with Gasteiger partial charge >= 0.3 is 12.1 Å². The molecule has 0 aliphatic carbocycles. The van der Waals surface area contributed by atoms with Crippen LogP contribution in [-0.4, -0.2) is 88.9 Å². The zero-order valence-electron chi connectivity index (χ0n) is 17.6. The molecule has 0 amide bonds. The van der Waals surface area contributed by atoms with Crippen LogP contribution in [0.4, 0.5) is 13.2 Å². The molecule has 176 valence electrons. The van der Waals surface area contributed by atoms with Gasteiger partial charge in [0.2, 0.25) is 10.0 Å². The third-order valence-corrected chi connectivity index (χ3v) is 7.46. The number of benzene rings is 1. The first-order valence-electron chi connectivity index (χ1n) is 9.47. The van der Waals surface area contributed by atoms with Gasteiger partial charge in [0.05, 0.1) is 18.6 Å². The highest BCUT2D eigenvalue weighted by Gasteiger charge is 2.51. The molecule has 1 spiro atoms. The number of carboxylic acid groups (broad SMARTS) is 1. The second-order valence-electron chi connectivity index (χ2n) is 7.78. The molecule has 1 N–H and O–H groups in total. The fourth-order valence-corrected chi connectivity index (χ4v) is 5.74. The number of halogens is 3. The molecule has 0 bridgehead atoms. The molecule has 2 atom stereocenters. The largest absolute Gasteiger partial charge is 0.497 e. The van der Waals surface area contributed by atoms with Gasteiger partial charge in [-0.15, -0.1) is 0 Å². The van der Waals surface area contributed by atoms with E-state index in [4.69, 9.17) is 19.4 Å². The van der Waals surface area contributed by atoms with Gasteiger partial charge < -0.3 is 19.5 Å². The number of hydrogen-bond acceptors (Lipinski definition) is 6. The van der Waals surface area contributed by atoms with Gasteiger partial charge in [0, 0.05) is 50.7 Å². The summed E-state index contributed by atoms with van der Waals surface area (Å²) in [4.78, 5) is 11.5. The maximum atomic E-state index is 13.0. The molecule has 1 aromatic carbocycles. The Morgan fingerprint density at radius 2 is 1.94 bits per heavy atom. The molecule has 2 aliphatic heterocycles. The Morgan fingerprint density at radius 3 is 2.48 bits per heavy atom. The fraction of sp³-hybridized carbons (Fsp3) is 0.632. The normalized spacial score (nSPS) is 24.8. The number of carbonyl (C=O) groups is 1. The highest BCUT2D eigenvalue weighted by Crippen LogP contribution is 2.45. The van der Waals surface area contributed by atoms with E-state index in [1.807, 2.05) is 0 Å². The van der Waals surface area contributed by atoms with Crippen molar-refractivity contribution in [3.63, 3.8) is 0 Å². The summed E-state index contributed by atoms with van der Waals surface area (Å²) >= 11 is 0. The van der Waals surface area contributed by atoms with E-state index in [1.165, 1.54) is 0 Å². The van der Waals surface area contributed by atoms with Crippen LogP contribution in [0.1, 0.15) is 6.42 Å². The minimum atomic E-state index is -5.08.